The fourth-order valence-electron chi connectivity index (χ4n) is 2.14. The topological polar surface area (TPSA) is 63.7 Å². The third kappa shape index (κ3) is 3.80. The molecule has 0 N–H and O–H groups in total. The average molecular weight is 353 g/mol. The highest BCUT2D eigenvalue weighted by Crippen LogP contribution is 2.26. The first-order valence-electron chi connectivity index (χ1n) is 7.13. The van der Waals surface area contributed by atoms with Crippen LogP contribution in [0, 0.1) is 6.92 Å². The molecule has 0 bridgehead atoms. The van der Waals surface area contributed by atoms with E-state index in [1.54, 1.807) is 6.92 Å². The first-order valence-corrected chi connectivity index (χ1v) is 9.38. The summed E-state index contributed by atoms with van der Waals surface area (Å²) in [5.41, 5.74) is 2.00. The van der Waals surface area contributed by atoms with Gasteiger partial charge in [-0.15, -0.1) is 11.3 Å². The SMILES string of the molecule is CCN(Cc1ccccc1C)S(=O)(=O)c1ccc(C(=O)OC)s1. The normalized spacial score (nSPS) is 11.7. The van der Waals surface area contributed by atoms with E-state index in [-0.39, 0.29) is 9.09 Å². The number of thiophene rings is 1. The molecular formula is C16H19NO4S2. The number of hydrogen-bond donors (Lipinski definition) is 0. The predicted molar refractivity (Wildman–Crippen MR) is 90.1 cm³/mol. The van der Waals surface area contributed by atoms with E-state index in [4.69, 9.17) is 0 Å². The molecule has 1 aromatic heterocycles. The van der Waals surface area contributed by atoms with E-state index in [9.17, 15) is 13.2 Å². The minimum atomic E-state index is -3.64. The zero-order chi connectivity index (χ0) is 17.0. The summed E-state index contributed by atoms with van der Waals surface area (Å²) >= 11 is 0.927. The van der Waals surface area contributed by atoms with Crippen molar-refractivity contribution in [2.45, 2.75) is 24.6 Å². The average Bonchev–Trinajstić information content (AvgIpc) is 3.04. The standard InChI is InChI=1S/C16H19NO4S2/c1-4-17(11-13-8-6-5-7-12(13)2)23(19,20)15-10-9-14(22-15)16(18)21-3/h5-10H,4,11H2,1-3H3. The molecule has 2 rings (SSSR count). The fraction of sp³-hybridized carbons (Fsp3) is 0.312. The van der Waals surface area contributed by atoms with Gasteiger partial charge >= 0.3 is 5.97 Å². The molecule has 1 aromatic carbocycles. The predicted octanol–water partition coefficient (Wildman–Crippen LogP) is 3.05. The third-order valence-corrected chi connectivity index (χ3v) is 6.98. The number of nitrogens with zero attached hydrogens (tertiary/aromatic N) is 1. The fourth-order valence-corrected chi connectivity index (χ4v) is 4.95. The molecule has 0 spiro atoms. The summed E-state index contributed by atoms with van der Waals surface area (Å²) in [4.78, 5) is 11.8. The molecule has 5 nitrogen and oxygen atoms in total. The summed E-state index contributed by atoms with van der Waals surface area (Å²) < 4.78 is 31.8. The molecule has 23 heavy (non-hydrogen) atoms. The molecule has 0 aliphatic rings. The summed E-state index contributed by atoms with van der Waals surface area (Å²) in [5, 5.41) is 0. The molecular weight excluding hydrogens is 334 g/mol. The van der Waals surface area contributed by atoms with Crippen molar-refractivity contribution in [3.8, 4) is 0 Å². The number of aryl methyl sites for hydroxylation is 1. The van der Waals surface area contributed by atoms with E-state index in [0.717, 1.165) is 22.5 Å². The van der Waals surface area contributed by atoms with Crippen LogP contribution < -0.4 is 0 Å². The number of rotatable bonds is 6. The maximum Gasteiger partial charge on any atom is 0.348 e. The number of methoxy groups -OCH3 is 1. The molecule has 2 aromatic rings. The van der Waals surface area contributed by atoms with Gasteiger partial charge in [0.1, 0.15) is 9.09 Å². The van der Waals surface area contributed by atoms with E-state index in [1.807, 2.05) is 31.2 Å². The third-order valence-electron chi connectivity index (χ3n) is 3.52. The van der Waals surface area contributed by atoms with E-state index >= 15 is 0 Å². The van der Waals surface area contributed by atoms with Crippen LogP contribution in [0.25, 0.3) is 0 Å². The first kappa shape index (κ1) is 17.7. The Morgan fingerprint density at radius 3 is 2.52 bits per heavy atom. The van der Waals surface area contributed by atoms with E-state index in [1.165, 1.54) is 23.5 Å². The van der Waals surface area contributed by atoms with Gasteiger partial charge in [-0.1, -0.05) is 31.2 Å². The Bertz CT molecular complexity index is 796. The molecule has 0 atom stereocenters. The minimum Gasteiger partial charge on any atom is -0.465 e. The van der Waals surface area contributed by atoms with Crippen LogP contribution in [0.5, 0.6) is 0 Å². The van der Waals surface area contributed by atoms with Gasteiger partial charge in [-0.25, -0.2) is 13.2 Å². The van der Waals surface area contributed by atoms with Crippen LogP contribution in [0.15, 0.2) is 40.6 Å². The van der Waals surface area contributed by atoms with Crippen molar-refractivity contribution in [2.24, 2.45) is 0 Å². The molecule has 0 radical (unpaired) electrons. The van der Waals surface area contributed by atoms with Crippen LogP contribution in [0.3, 0.4) is 0 Å². The maximum atomic E-state index is 12.8. The van der Waals surface area contributed by atoms with E-state index in [0.29, 0.717) is 13.1 Å². The number of esters is 1. The van der Waals surface area contributed by atoms with Gasteiger partial charge in [0.15, 0.2) is 0 Å². The summed E-state index contributed by atoms with van der Waals surface area (Å²) in [6.45, 7) is 4.40. The highest BCUT2D eigenvalue weighted by Gasteiger charge is 2.26. The number of benzene rings is 1. The zero-order valence-corrected chi connectivity index (χ0v) is 14.9. The van der Waals surface area contributed by atoms with Gasteiger partial charge in [0, 0.05) is 13.1 Å². The summed E-state index contributed by atoms with van der Waals surface area (Å²) in [5.74, 6) is -0.529. The Kier molecular flexibility index (Phi) is 5.56. The van der Waals surface area contributed by atoms with Crippen LogP contribution in [0.1, 0.15) is 27.7 Å². The number of sulfonamides is 1. The minimum absolute atomic E-state index is 0.147. The molecule has 0 fully saturated rings. The molecule has 0 saturated heterocycles. The van der Waals surface area contributed by atoms with Crippen molar-refractivity contribution in [2.75, 3.05) is 13.7 Å². The van der Waals surface area contributed by atoms with Crippen molar-refractivity contribution in [1.29, 1.82) is 0 Å². The summed E-state index contributed by atoms with van der Waals surface area (Å²) in [6, 6.07) is 10.6. The van der Waals surface area contributed by atoms with Gasteiger partial charge < -0.3 is 4.74 Å². The molecule has 0 saturated carbocycles. The van der Waals surface area contributed by atoms with Gasteiger partial charge in [-0.3, -0.25) is 0 Å². The van der Waals surface area contributed by atoms with Crippen LogP contribution in [-0.4, -0.2) is 32.3 Å². The quantitative estimate of drug-likeness (QED) is 0.749. The monoisotopic (exact) mass is 353 g/mol. The number of carbonyl (C=O) groups excluding carboxylic acids is 1. The van der Waals surface area contributed by atoms with Gasteiger partial charge in [0.2, 0.25) is 0 Å². The summed E-state index contributed by atoms with van der Waals surface area (Å²) in [7, 11) is -2.37. The maximum absolute atomic E-state index is 12.8. The lowest BCUT2D eigenvalue weighted by molar-refractivity contribution is 0.0606. The molecule has 0 amide bonds. The number of hydrogen-bond acceptors (Lipinski definition) is 5. The van der Waals surface area contributed by atoms with Crippen LogP contribution in [-0.2, 0) is 21.3 Å². The summed E-state index contributed by atoms with van der Waals surface area (Å²) in [6.07, 6.45) is 0. The number of ether oxygens (including phenoxy) is 1. The molecule has 1 heterocycles. The molecule has 124 valence electrons. The Morgan fingerprint density at radius 2 is 1.91 bits per heavy atom. The van der Waals surface area contributed by atoms with Crippen LogP contribution in [0.4, 0.5) is 0 Å². The largest absolute Gasteiger partial charge is 0.465 e. The molecule has 7 heteroatoms. The molecule has 0 aliphatic heterocycles. The highest BCUT2D eigenvalue weighted by atomic mass is 32.2. The Morgan fingerprint density at radius 1 is 1.22 bits per heavy atom. The van der Waals surface area contributed by atoms with E-state index < -0.39 is 16.0 Å². The number of carbonyl (C=O) groups is 1. The van der Waals surface area contributed by atoms with Crippen LogP contribution >= 0.6 is 11.3 Å². The zero-order valence-electron chi connectivity index (χ0n) is 13.3. The molecule has 0 unspecified atom stereocenters. The lowest BCUT2D eigenvalue weighted by Gasteiger charge is -2.20. The second-order valence-electron chi connectivity index (χ2n) is 4.97. The van der Waals surface area contributed by atoms with Crippen molar-refractivity contribution in [1.82, 2.24) is 4.31 Å². The van der Waals surface area contributed by atoms with Crippen molar-refractivity contribution in [3.63, 3.8) is 0 Å². The van der Waals surface area contributed by atoms with Crippen molar-refractivity contribution in [3.05, 3.63) is 52.4 Å². The van der Waals surface area contributed by atoms with E-state index in [2.05, 4.69) is 4.74 Å². The smallest absolute Gasteiger partial charge is 0.348 e. The lowest BCUT2D eigenvalue weighted by atomic mass is 10.1. The van der Waals surface area contributed by atoms with Gasteiger partial charge in [0.25, 0.3) is 10.0 Å². The van der Waals surface area contributed by atoms with Crippen molar-refractivity contribution >= 4 is 27.3 Å². The highest BCUT2D eigenvalue weighted by molar-refractivity contribution is 7.91. The van der Waals surface area contributed by atoms with Crippen LogP contribution in [0.2, 0.25) is 0 Å². The molecule has 0 aliphatic carbocycles. The van der Waals surface area contributed by atoms with Gasteiger partial charge in [-0.2, -0.15) is 4.31 Å². The van der Waals surface area contributed by atoms with Gasteiger partial charge in [-0.05, 0) is 30.2 Å². The second-order valence-corrected chi connectivity index (χ2v) is 8.22. The second kappa shape index (κ2) is 7.25. The van der Waals surface area contributed by atoms with Gasteiger partial charge in [0.05, 0.1) is 7.11 Å². The Labute approximate surface area is 140 Å². The lowest BCUT2D eigenvalue weighted by Crippen LogP contribution is -2.30. The van der Waals surface area contributed by atoms with Crippen molar-refractivity contribution < 1.29 is 17.9 Å². The Balaban J connectivity index is 2.30. The Hall–Kier alpha value is -1.70. The first-order chi connectivity index (χ1) is 10.9.